The molecule has 1 aromatic heterocycles. The molecule has 4 nitrogen and oxygen atoms in total. The van der Waals surface area contributed by atoms with Gasteiger partial charge >= 0.3 is 0 Å². The average molecular weight is 371 g/mol. The molecule has 2 N–H and O–H groups in total. The topological polar surface area (TPSA) is 54.1 Å². The number of aryl methyl sites for hydroxylation is 1. The Bertz CT molecular complexity index is 913. The predicted molar refractivity (Wildman–Crippen MR) is 106 cm³/mol. The van der Waals surface area contributed by atoms with Gasteiger partial charge in [0.2, 0.25) is 0 Å². The first-order valence-corrected chi connectivity index (χ1v) is 9.02. The Morgan fingerprint density at radius 1 is 1.19 bits per heavy atom. The molecule has 0 saturated heterocycles. The van der Waals surface area contributed by atoms with E-state index in [0.717, 1.165) is 11.9 Å². The fourth-order valence-electron chi connectivity index (χ4n) is 2.87. The number of ether oxygens (including phenoxy) is 1. The third-order valence-electron chi connectivity index (χ3n) is 4.34. The number of hydrogen-bond acceptors (Lipinski definition) is 2. The summed E-state index contributed by atoms with van der Waals surface area (Å²) >= 11 is 5.88. The van der Waals surface area contributed by atoms with Crippen LogP contribution in [-0.4, -0.2) is 23.0 Å². The van der Waals surface area contributed by atoms with Crippen molar-refractivity contribution in [2.75, 3.05) is 6.54 Å². The second kappa shape index (κ2) is 7.42. The summed E-state index contributed by atoms with van der Waals surface area (Å²) in [5.74, 6) is 0.463. The fraction of sp³-hybridized carbons (Fsp3) is 0.286. The maximum atomic E-state index is 12.5. The summed E-state index contributed by atoms with van der Waals surface area (Å²) in [5, 5.41) is 4.81. The van der Waals surface area contributed by atoms with Gasteiger partial charge in [-0.25, -0.2) is 0 Å². The lowest BCUT2D eigenvalue weighted by Gasteiger charge is -2.25. The number of nitrogens with one attached hydrogen (secondary N) is 2. The van der Waals surface area contributed by atoms with Crippen LogP contribution in [0.5, 0.6) is 5.75 Å². The fourth-order valence-corrected chi connectivity index (χ4v) is 2.99. The van der Waals surface area contributed by atoms with Gasteiger partial charge in [-0.15, -0.1) is 0 Å². The Labute approximate surface area is 158 Å². The van der Waals surface area contributed by atoms with Gasteiger partial charge in [-0.05, 0) is 69.2 Å². The summed E-state index contributed by atoms with van der Waals surface area (Å²) in [4.78, 5) is 15.8. The third-order valence-corrected chi connectivity index (χ3v) is 4.59. The maximum Gasteiger partial charge on any atom is 0.263 e. The van der Waals surface area contributed by atoms with E-state index in [2.05, 4.69) is 35.4 Å². The molecule has 136 valence electrons. The average Bonchev–Trinajstić information content (AvgIpc) is 2.99. The van der Waals surface area contributed by atoms with Crippen molar-refractivity contribution in [3.05, 3.63) is 64.8 Å². The molecule has 0 aliphatic heterocycles. The van der Waals surface area contributed by atoms with Crippen molar-refractivity contribution >= 4 is 28.4 Å². The first-order valence-electron chi connectivity index (χ1n) is 8.65. The number of amides is 1. The Kier molecular flexibility index (Phi) is 5.23. The second-order valence-corrected chi connectivity index (χ2v) is 7.37. The number of H-pyrrole nitrogens is 1. The summed E-state index contributed by atoms with van der Waals surface area (Å²) in [7, 11) is 0. The molecule has 0 fully saturated rings. The minimum Gasteiger partial charge on any atom is -0.478 e. The van der Waals surface area contributed by atoms with Crippen molar-refractivity contribution in [3.63, 3.8) is 0 Å². The monoisotopic (exact) mass is 370 g/mol. The second-order valence-electron chi connectivity index (χ2n) is 6.94. The zero-order chi connectivity index (χ0) is 18.7. The van der Waals surface area contributed by atoms with E-state index in [4.69, 9.17) is 16.3 Å². The highest BCUT2D eigenvalue weighted by Gasteiger charge is 2.29. The van der Waals surface area contributed by atoms with Crippen molar-refractivity contribution in [1.29, 1.82) is 0 Å². The molecule has 26 heavy (non-hydrogen) atoms. The SMILES string of the molecule is Cc1ccc2[nH]cc(CCNC(=O)C(C)(C)Oc3ccc(Cl)cc3)c2c1. The highest BCUT2D eigenvalue weighted by Crippen LogP contribution is 2.22. The van der Waals surface area contributed by atoms with Crippen LogP contribution in [0.1, 0.15) is 25.0 Å². The van der Waals surface area contributed by atoms with Crippen LogP contribution in [0.3, 0.4) is 0 Å². The minimum absolute atomic E-state index is 0.150. The van der Waals surface area contributed by atoms with Crippen LogP contribution in [-0.2, 0) is 11.2 Å². The number of aromatic nitrogens is 1. The zero-order valence-corrected chi connectivity index (χ0v) is 16.0. The molecular weight excluding hydrogens is 348 g/mol. The van der Waals surface area contributed by atoms with Crippen LogP contribution in [0.4, 0.5) is 0 Å². The molecule has 3 rings (SSSR count). The molecule has 0 radical (unpaired) electrons. The van der Waals surface area contributed by atoms with Crippen LogP contribution in [0.15, 0.2) is 48.7 Å². The van der Waals surface area contributed by atoms with Gasteiger partial charge in [0, 0.05) is 28.7 Å². The molecule has 0 aliphatic rings. The molecule has 0 aliphatic carbocycles. The highest BCUT2D eigenvalue weighted by molar-refractivity contribution is 6.30. The number of rotatable bonds is 6. The van der Waals surface area contributed by atoms with E-state index in [1.54, 1.807) is 38.1 Å². The summed E-state index contributed by atoms with van der Waals surface area (Å²) < 4.78 is 5.82. The first kappa shape index (κ1) is 18.3. The Hall–Kier alpha value is -2.46. The number of halogens is 1. The van der Waals surface area contributed by atoms with Gasteiger partial charge in [0.05, 0.1) is 0 Å². The Morgan fingerprint density at radius 3 is 2.65 bits per heavy atom. The van der Waals surface area contributed by atoms with E-state index in [0.29, 0.717) is 17.3 Å². The quantitative estimate of drug-likeness (QED) is 0.663. The van der Waals surface area contributed by atoms with Crippen LogP contribution in [0.25, 0.3) is 10.9 Å². The maximum absolute atomic E-state index is 12.5. The van der Waals surface area contributed by atoms with Crippen molar-refractivity contribution in [2.24, 2.45) is 0 Å². The zero-order valence-electron chi connectivity index (χ0n) is 15.2. The van der Waals surface area contributed by atoms with Crippen molar-refractivity contribution in [3.8, 4) is 5.75 Å². The molecule has 5 heteroatoms. The lowest BCUT2D eigenvalue weighted by molar-refractivity contribution is -0.134. The number of aromatic amines is 1. The molecule has 1 heterocycles. The van der Waals surface area contributed by atoms with Gasteiger partial charge in [0.25, 0.3) is 5.91 Å². The molecule has 1 amide bonds. The van der Waals surface area contributed by atoms with E-state index >= 15 is 0 Å². The molecule has 0 atom stereocenters. The van der Waals surface area contributed by atoms with E-state index < -0.39 is 5.60 Å². The number of benzene rings is 2. The molecule has 0 unspecified atom stereocenters. The van der Waals surface area contributed by atoms with Gasteiger partial charge in [0.15, 0.2) is 5.60 Å². The lowest BCUT2D eigenvalue weighted by atomic mass is 10.1. The molecule has 0 bridgehead atoms. The van der Waals surface area contributed by atoms with E-state index in [1.165, 1.54) is 16.5 Å². The third kappa shape index (κ3) is 4.20. The molecule has 2 aromatic carbocycles. The lowest BCUT2D eigenvalue weighted by Crippen LogP contribution is -2.47. The van der Waals surface area contributed by atoms with Gasteiger partial charge in [0.1, 0.15) is 5.75 Å². The summed E-state index contributed by atoms with van der Waals surface area (Å²) in [5.41, 5.74) is 2.56. The van der Waals surface area contributed by atoms with Gasteiger partial charge in [-0.1, -0.05) is 23.2 Å². The minimum atomic E-state index is -0.968. The largest absolute Gasteiger partial charge is 0.478 e. The van der Waals surface area contributed by atoms with E-state index in [1.807, 2.05) is 6.20 Å². The van der Waals surface area contributed by atoms with Crippen LogP contribution < -0.4 is 10.1 Å². The van der Waals surface area contributed by atoms with Gasteiger partial charge < -0.3 is 15.0 Å². The number of hydrogen-bond donors (Lipinski definition) is 2. The molecule has 3 aromatic rings. The number of fused-ring (bicyclic) bond motifs is 1. The van der Waals surface area contributed by atoms with Crippen LogP contribution in [0.2, 0.25) is 5.02 Å². The van der Waals surface area contributed by atoms with Crippen molar-refractivity contribution in [1.82, 2.24) is 10.3 Å². The van der Waals surface area contributed by atoms with Gasteiger partial charge in [-0.3, -0.25) is 4.79 Å². The predicted octanol–water partition coefficient (Wildman–Crippen LogP) is 4.65. The highest BCUT2D eigenvalue weighted by atomic mass is 35.5. The van der Waals surface area contributed by atoms with E-state index in [9.17, 15) is 4.79 Å². The standard InChI is InChI=1S/C21H23ClN2O2/c1-14-4-9-19-18(12-14)15(13-24-19)10-11-23-20(25)21(2,3)26-17-7-5-16(22)6-8-17/h4-9,12-13,24H,10-11H2,1-3H3,(H,23,25). The summed E-state index contributed by atoms with van der Waals surface area (Å²) in [6, 6.07) is 13.3. The van der Waals surface area contributed by atoms with Gasteiger partial charge in [-0.2, -0.15) is 0 Å². The van der Waals surface area contributed by atoms with Crippen LogP contribution in [0, 0.1) is 6.92 Å². The van der Waals surface area contributed by atoms with Crippen molar-refractivity contribution in [2.45, 2.75) is 32.8 Å². The Balaban J connectivity index is 1.58. The summed E-state index contributed by atoms with van der Waals surface area (Å²) in [6.45, 7) is 6.14. The molecule has 0 saturated carbocycles. The molecular formula is C21H23ClN2O2. The first-order chi connectivity index (χ1) is 12.3. The number of carbonyl (C=O) groups is 1. The normalized spacial score (nSPS) is 11.5. The summed E-state index contributed by atoms with van der Waals surface area (Å²) in [6.07, 6.45) is 2.76. The smallest absolute Gasteiger partial charge is 0.263 e. The molecule has 0 spiro atoms. The van der Waals surface area contributed by atoms with Crippen molar-refractivity contribution < 1.29 is 9.53 Å². The Morgan fingerprint density at radius 2 is 1.92 bits per heavy atom. The number of carbonyl (C=O) groups excluding carboxylic acids is 1. The van der Waals surface area contributed by atoms with E-state index in [-0.39, 0.29) is 5.91 Å². The van der Waals surface area contributed by atoms with Crippen LogP contribution >= 0.6 is 11.6 Å².